The van der Waals surface area contributed by atoms with Crippen LogP contribution < -0.4 is 4.74 Å². The molecule has 2 aromatic rings. The average molecular weight is 530 g/mol. The predicted molar refractivity (Wildman–Crippen MR) is 147 cm³/mol. The van der Waals surface area contributed by atoms with E-state index in [9.17, 15) is 14.3 Å². The number of β-amino-alcohol motifs (C(OH)–C–C–N with tert-alkyl or cyclic N) is 1. The third-order valence-corrected chi connectivity index (χ3v) is 7.23. The van der Waals surface area contributed by atoms with Crippen LogP contribution in [0.4, 0.5) is 4.39 Å². The molecule has 0 spiro atoms. The molecular formula is C31H44FNO5. The topological polar surface area (TPSA) is 79.2 Å². The van der Waals surface area contributed by atoms with Gasteiger partial charge < -0.3 is 19.7 Å². The van der Waals surface area contributed by atoms with E-state index in [0.717, 1.165) is 54.7 Å². The quantitative estimate of drug-likeness (QED) is 0.281. The molecule has 210 valence electrons. The van der Waals surface area contributed by atoms with Gasteiger partial charge in [0, 0.05) is 19.0 Å². The van der Waals surface area contributed by atoms with Gasteiger partial charge in [-0.2, -0.15) is 0 Å². The molecule has 1 aliphatic rings. The fourth-order valence-corrected chi connectivity index (χ4v) is 5.24. The number of benzene rings is 2. The van der Waals surface area contributed by atoms with Crippen LogP contribution in [0, 0.1) is 12.7 Å². The zero-order valence-electron chi connectivity index (χ0n) is 23.3. The minimum atomic E-state index is -0.783. The number of unbranched alkanes of at least 4 members (excludes halogenated alkanes) is 1. The number of carboxylic acids is 1. The van der Waals surface area contributed by atoms with E-state index in [4.69, 9.17) is 14.6 Å². The van der Waals surface area contributed by atoms with Crippen LogP contribution in [-0.2, 0) is 22.4 Å². The van der Waals surface area contributed by atoms with E-state index in [1.807, 2.05) is 51.1 Å². The summed E-state index contributed by atoms with van der Waals surface area (Å²) in [5.74, 6) is -0.149. The standard InChI is InChI=1S/C31H44FNO5/c1-21(2)38-30-12-7-11-27(28(30)10-5-6-13-31(35)36)23(4)37-20-26(34)19-33-16-8-9-25(33)17-24-15-14-22(3)29(32)18-24/h7,11-12,14-15,18,21,23,25-26,34H,5-6,8-10,13,16-17,19-20H2,1-4H3,(H,35,36)/t23-,25+,26-/m1/s1. The summed E-state index contributed by atoms with van der Waals surface area (Å²) in [5.41, 5.74) is 3.69. The number of hydrogen-bond acceptors (Lipinski definition) is 5. The second kappa shape index (κ2) is 14.6. The molecule has 3 atom stereocenters. The number of aliphatic hydroxyl groups excluding tert-OH is 1. The van der Waals surface area contributed by atoms with E-state index in [0.29, 0.717) is 24.9 Å². The van der Waals surface area contributed by atoms with Crippen molar-refractivity contribution in [3.63, 3.8) is 0 Å². The predicted octanol–water partition coefficient (Wildman–Crippen LogP) is 5.86. The fraction of sp³-hybridized carbons (Fsp3) is 0.581. The molecule has 1 saturated heterocycles. The summed E-state index contributed by atoms with van der Waals surface area (Å²) in [6, 6.07) is 11.7. The Morgan fingerprint density at radius 2 is 1.97 bits per heavy atom. The maximum absolute atomic E-state index is 14.0. The van der Waals surface area contributed by atoms with E-state index in [2.05, 4.69) is 4.90 Å². The van der Waals surface area contributed by atoms with Crippen LogP contribution in [0.2, 0.25) is 0 Å². The van der Waals surface area contributed by atoms with Gasteiger partial charge in [0.15, 0.2) is 0 Å². The highest BCUT2D eigenvalue weighted by atomic mass is 19.1. The van der Waals surface area contributed by atoms with Crippen molar-refractivity contribution in [1.29, 1.82) is 0 Å². The van der Waals surface area contributed by atoms with Gasteiger partial charge in [-0.3, -0.25) is 9.69 Å². The van der Waals surface area contributed by atoms with Crippen LogP contribution >= 0.6 is 0 Å². The molecule has 1 heterocycles. The van der Waals surface area contributed by atoms with Crippen LogP contribution in [0.15, 0.2) is 36.4 Å². The molecule has 0 radical (unpaired) electrons. The van der Waals surface area contributed by atoms with E-state index >= 15 is 0 Å². The smallest absolute Gasteiger partial charge is 0.303 e. The lowest BCUT2D eigenvalue weighted by Gasteiger charge is -2.28. The summed E-state index contributed by atoms with van der Waals surface area (Å²) in [6.07, 6.45) is 4.21. The average Bonchev–Trinajstić information content (AvgIpc) is 3.28. The van der Waals surface area contributed by atoms with Crippen molar-refractivity contribution in [1.82, 2.24) is 4.90 Å². The third-order valence-electron chi connectivity index (χ3n) is 7.23. The Morgan fingerprint density at radius 3 is 2.68 bits per heavy atom. The highest BCUT2D eigenvalue weighted by molar-refractivity contribution is 5.66. The van der Waals surface area contributed by atoms with Crippen LogP contribution in [0.5, 0.6) is 5.75 Å². The maximum atomic E-state index is 14.0. The summed E-state index contributed by atoms with van der Waals surface area (Å²) in [5, 5.41) is 19.8. The Labute approximate surface area is 226 Å². The Balaban J connectivity index is 1.58. The fourth-order valence-electron chi connectivity index (χ4n) is 5.24. The second-order valence-electron chi connectivity index (χ2n) is 10.8. The van der Waals surface area contributed by atoms with Gasteiger partial charge in [0.25, 0.3) is 0 Å². The van der Waals surface area contributed by atoms with Crippen molar-refractivity contribution < 1.29 is 28.9 Å². The van der Waals surface area contributed by atoms with Crippen molar-refractivity contribution in [2.75, 3.05) is 19.7 Å². The van der Waals surface area contributed by atoms with Gasteiger partial charge in [-0.05, 0) is 107 Å². The maximum Gasteiger partial charge on any atom is 0.303 e. The molecule has 7 heteroatoms. The summed E-state index contributed by atoms with van der Waals surface area (Å²) < 4.78 is 26.2. The Hall–Kier alpha value is -2.48. The first-order valence-corrected chi connectivity index (χ1v) is 13.9. The van der Waals surface area contributed by atoms with Crippen molar-refractivity contribution in [3.05, 3.63) is 64.5 Å². The normalized spacial score (nSPS) is 17.6. The summed E-state index contributed by atoms with van der Waals surface area (Å²) >= 11 is 0. The van der Waals surface area contributed by atoms with Gasteiger partial charge in [-0.1, -0.05) is 24.3 Å². The molecule has 0 saturated carbocycles. The molecule has 0 bridgehead atoms. The first-order chi connectivity index (χ1) is 18.1. The van der Waals surface area contributed by atoms with Gasteiger partial charge in [0.2, 0.25) is 0 Å². The largest absolute Gasteiger partial charge is 0.491 e. The van der Waals surface area contributed by atoms with Crippen molar-refractivity contribution in [3.8, 4) is 5.75 Å². The number of ether oxygens (including phenoxy) is 2. The van der Waals surface area contributed by atoms with Crippen LogP contribution in [0.3, 0.4) is 0 Å². The monoisotopic (exact) mass is 529 g/mol. The van der Waals surface area contributed by atoms with E-state index in [1.165, 1.54) is 0 Å². The molecule has 0 amide bonds. The van der Waals surface area contributed by atoms with Crippen LogP contribution in [0.25, 0.3) is 0 Å². The number of likely N-dealkylation sites (tertiary alicyclic amines) is 1. The number of aryl methyl sites for hydroxylation is 1. The Morgan fingerprint density at radius 1 is 1.18 bits per heavy atom. The van der Waals surface area contributed by atoms with E-state index in [1.54, 1.807) is 13.0 Å². The lowest BCUT2D eigenvalue weighted by Crippen LogP contribution is -2.39. The number of carboxylic acid groups (broad SMARTS) is 1. The first-order valence-electron chi connectivity index (χ1n) is 13.9. The summed E-state index contributed by atoms with van der Waals surface area (Å²) in [7, 11) is 0. The number of aliphatic carboxylic acids is 1. The number of rotatable bonds is 15. The number of hydrogen-bond donors (Lipinski definition) is 2. The summed E-state index contributed by atoms with van der Waals surface area (Å²) in [6.45, 7) is 9.36. The van der Waals surface area contributed by atoms with Crippen LogP contribution in [0.1, 0.15) is 81.2 Å². The second-order valence-corrected chi connectivity index (χ2v) is 10.8. The van der Waals surface area contributed by atoms with Crippen LogP contribution in [-0.4, -0.2) is 59.0 Å². The minimum Gasteiger partial charge on any atom is -0.491 e. The van der Waals surface area contributed by atoms with Gasteiger partial charge in [0.1, 0.15) is 11.6 Å². The van der Waals surface area contributed by atoms with Gasteiger partial charge in [-0.15, -0.1) is 0 Å². The number of nitrogens with zero attached hydrogens (tertiary/aromatic N) is 1. The lowest BCUT2D eigenvalue weighted by molar-refractivity contribution is -0.137. The Bertz CT molecular complexity index is 1040. The molecule has 0 aliphatic carbocycles. The first kappa shape index (κ1) is 30.1. The highest BCUT2D eigenvalue weighted by Gasteiger charge is 2.27. The van der Waals surface area contributed by atoms with Gasteiger partial charge in [0.05, 0.1) is 24.9 Å². The third kappa shape index (κ3) is 9.07. The zero-order chi connectivity index (χ0) is 27.7. The van der Waals surface area contributed by atoms with Gasteiger partial charge in [-0.25, -0.2) is 4.39 Å². The molecule has 2 aromatic carbocycles. The molecule has 6 nitrogen and oxygen atoms in total. The Kier molecular flexibility index (Phi) is 11.6. The van der Waals surface area contributed by atoms with Crippen molar-refractivity contribution in [2.24, 2.45) is 0 Å². The number of carbonyl (C=O) groups is 1. The number of aliphatic hydroxyl groups is 1. The SMILES string of the molecule is Cc1ccc(C[C@@H]2CCCN2C[C@@H](O)CO[C@H](C)c2cccc(OC(C)C)c2CCCCC(=O)O)cc1F. The van der Waals surface area contributed by atoms with E-state index in [-0.39, 0.29) is 37.1 Å². The molecule has 3 rings (SSSR count). The molecule has 1 fully saturated rings. The molecule has 0 aromatic heterocycles. The molecule has 2 N–H and O–H groups in total. The lowest BCUT2D eigenvalue weighted by atomic mass is 9.97. The zero-order valence-corrected chi connectivity index (χ0v) is 23.3. The van der Waals surface area contributed by atoms with E-state index < -0.39 is 12.1 Å². The highest BCUT2D eigenvalue weighted by Crippen LogP contribution is 2.31. The van der Waals surface area contributed by atoms with Gasteiger partial charge >= 0.3 is 5.97 Å². The molecule has 0 unspecified atom stereocenters. The van der Waals surface area contributed by atoms with Crippen molar-refractivity contribution in [2.45, 2.75) is 97.0 Å². The van der Waals surface area contributed by atoms with Crippen molar-refractivity contribution >= 4 is 5.97 Å². The minimum absolute atomic E-state index is 0.0193. The number of halogens is 1. The molecular weight excluding hydrogens is 485 g/mol. The molecule has 1 aliphatic heterocycles. The summed E-state index contributed by atoms with van der Waals surface area (Å²) in [4.78, 5) is 13.2. The molecule has 38 heavy (non-hydrogen) atoms.